The average Bonchev–Trinajstić information content (AvgIpc) is 2.27. The van der Waals surface area contributed by atoms with Crippen molar-refractivity contribution in [2.45, 2.75) is 6.92 Å². The van der Waals surface area contributed by atoms with Crippen LogP contribution < -0.4 is 5.73 Å². The Kier molecular flexibility index (Phi) is 1.07. The Morgan fingerprint density at radius 3 is 3.08 bits per heavy atom. The van der Waals surface area contributed by atoms with Crippen LogP contribution in [-0.4, -0.2) is 19.5 Å². The van der Waals surface area contributed by atoms with Crippen molar-refractivity contribution in [2.75, 3.05) is 5.73 Å². The first-order valence-electron chi connectivity index (χ1n) is 4.02. The molecule has 0 aliphatic rings. The van der Waals surface area contributed by atoms with Gasteiger partial charge in [-0.15, -0.1) is 0 Å². The Bertz CT molecular complexity index is 475. The highest BCUT2D eigenvalue weighted by Crippen LogP contribution is 2.10. The van der Waals surface area contributed by atoms with Gasteiger partial charge in [0.1, 0.15) is 11.3 Å². The SMILES string of the molecule is [3H]c1nc(N)nc2nc(C)n(C)c12. The number of hydrogen-bond donors (Lipinski definition) is 1. The zero-order valence-corrected chi connectivity index (χ0v) is 6.87. The molecule has 0 unspecified atom stereocenters. The van der Waals surface area contributed by atoms with E-state index in [1.165, 1.54) is 0 Å². The van der Waals surface area contributed by atoms with Crippen molar-refractivity contribution in [1.29, 1.82) is 0 Å². The topological polar surface area (TPSA) is 69.6 Å². The van der Waals surface area contributed by atoms with Gasteiger partial charge >= 0.3 is 0 Å². The molecule has 62 valence electrons. The minimum absolute atomic E-state index is 0.0931. The third-order valence-corrected chi connectivity index (χ3v) is 1.80. The Balaban J connectivity index is 2.94. The first-order valence-corrected chi connectivity index (χ1v) is 3.52. The number of aromatic nitrogens is 4. The third kappa shape index (κ3) is 0.827. The summed E-state index contributed by atoms with van der Waals surface area (Å²) < 4.78 is 9.34. The van der Waals surface area contributed by atoms with Gasteiger partial charge in [-0.1, -0.05) is 0 Å². The molecule has 0 aliphatic carbocycles. The molecule has 5 nitrogen and oxygen atoms in total. The molecule has 0 radical (unpaired) electrons. The maximum Gasteiger partial charge on any atom is 0.222 e. The number of rotatable bonds is 0. The number of hydrogen-bond acceptors (Lipinski definition) is 4. The van der Waals surface area contributed by atoms with Crippen molar-refractivity contribution >= 4 is 17.1 Å². The molecule has 0 spiro atoms. The predicted octanol–water partition coefficient (Wildman–Crippen LogP) is 0.254. The highest BCUT2D eigenvalue weighted by atomic mass is 15.1. The van der Waals surface area contributed by atoms with E-state index in [1.807, 2.05) is 14.0 Å². The number of aryl methyl sites for hydroxylation is 2. The highest BCUT2D eigenvalue weighted by Gasteiger charge is 2.04. The van der Waals surface area contributed by atoms with Crippen LogP contribution in [0.1, 0.15) is 7.20 Å². The molecule has 0 saturated heterocycles. The van der Waals surface area contributed by atoms with Gasteiger partial charge in [-0.25, -0.2) is 9.97 Å². The van der Waals surface area contributed by atoms with E-state index < -0.39 is 0 Å². The van der Waals surface area contributed by atoms with Crippen molar-refractivity contribution in [3.05, 3.63) is 12.0 Å². The molecule has 2 aromatic rings. The number of nitrogen functional groups attached to an aromatic ring is 1. The Hall–Kier alpha value is -1.65. The molecular weight excluding hydrogens is 154 g/mol. The molecule has 2 aromatic heterocycles. The summed E-state index contributed by atoms with van der Waals surface area (Å²) in [5.74, 6) is 0.888. The predicted molar refractivity (Wildman–Crippen MR) is 45.5 cm³/mol. The minimum Gasteiger partial charge on any atom is -0.368 e. The zero-order chi connectivity index (χ0) is 9.59. The van der Waals surface area contributed by atoms with E-state index >= 15 is 0 Å². The molecule has 2 N–H and O–H groups in total. The van der Waals surface area contributed by atoms with Crippen molar-refractivity contribution in [3.8, 4) is 0 Å². The largest absolute Gasteiger partial charge is 0.368 e. The second-order valence-electron chi connectivity index (χ2n) is 2.58. The van der Waals surface area contributed by atoms with E-state index in [2.05, 4.69) is 15.0 Å². The van der Waals surface area contributed by atoms with E-state index in [-0.39, 0.29) is 12.1 Å². The Labute approximate surface area is 70.7 Å². The number of nitrogens with two attached hydrogens (primary N) is 1. The zero-order valence-electron chi connectivity index (χ0n) is 7.87. The minimum atomic E-state index is 0.0931. The van der Waals surface area contributed by atoms with Crippen LogP contribution >= 0.6 is 0 Å². The molecule has 0 amide bonds. The molecule has 0 aromatic carbocycles. The van der Waals surface area contributed by atoms with Crippen LogP contribution in [0.25, 0.3) is 11.2 Å². The lowest BCUT2D eigenvalue weighted by Gasteiger charge is -1.94. The Morgan fingerprint density at radius 2 is 2.33 bits per heavy atom. The standard InChI is InChI=1S/C7H9N5/c1-4-10-6-5(12(4)2)3-9-7(8)11-6/h3H,1-2H3,(H2,8,9,11)/i3T. The van der Waals surface area contributed by atoms with Crippen molar-refractivity contribution < 1.29 is 1.37 Å². The van der Waals surface area contributed by atoms with Crippen molar-refractivity contribution in [1.82, 2.24) is 19.5 Å². The quantitative estimate of drug-likeness (QED) is 0.607. The lowest BCUT2D eigenvalue weighted by Crippen LogP contribution is -1.95. The number of fused-ring (bicyclic) bond motifs is 1. The molecule has 5 heteroatoms. The first-order chi connectivity index (χ1) is 6.09. The number of imidazole rings is 1. The molecule has 12 heavy (non-hydrogen) atoms. The summed E-state index contributed by atoms with van der Waals surface area (Å²) in [5.41, 5.74) is 6.49. The first kappa shape index (κ1) is 5.93. The van der Waals surface area contributed by atoms with Crippen LogP contribution in [0, 0.1) is 6.92 Å². The summed E-state index contributed by atoms with van der Waals surface area (Å²) in [6.07, 6.45) is 0.116. The van der Waals surface area contributed by atoms with Gasteiger partial charge in [-0.2, -0.15) is 4.98 Å². The fourth-order valence-electron chi connectivity index (χ4n) is 1.04. The summed E-state index contributed by atoms with van der Waals surface area (Å²) in [4.78, 5) is 11.8. The molecule has 0 fully saturated rings. The molecule has 0 bridgehead atoms. The second kappa shape index (κ2) is 2.17. The van der Waals surface area contributed by atoms with E-state index in [9.17, 15) is 0 Å². The van der Waals surface area contributed by atoms with Crippen LogP contribution in [0.4, 0.5) is 5.95 Å². The molecule has 2 rings (SSSR count). The fraction of sp³-hybridized carbons (Fsp3) is 0.286. The molecule has 2 heterocycles. The summed E-state index contributed by atoms with van der Waals surface area (Å²) in [7, 11) is 1.82. The summed E-state index contributed by atoms with van der Waals surface area (Å²) in [5, 5.41) is 0. The monoisotopic (exact) mass is 165 g/mol. The fourth-order valence-corrected chi connectivity index (χ4v) is 1.04. The van der Waals surface area contributed by atoms with E-state index in [0.717, 1.165) is 5.82 Å². The van der Waals surface area contributed by atoms with Gasteiger partial charge in [0, 0.05) is 7.05 Å². The van der Waals surface area contributed by atoms with Crippen molar-refractivity contribution in [3.63, 3.8) is 0 Å². The summed E-state index contributed by atoms with van der Waals surface area (Å²) >= 11 is 0. The number of nitrogens with zero attached hydrogens (tertiary/aromatic N) is 4. The van der Waals surface area contributed by atoms with Gasteiger partial charge in [-0.3, -0.25) is 0 Å². The van der Waals surface area contributed by atoms with Crippen molar-refractivity contribution in [2.24, 2.45) is 7.05 Å². The van der Waals surface area contributed by atoms with Crippen LogP contribution in [0.2, 0.25) is 0 Å². The average molecular weight is 165 g/mol. The summed E-state index contributed by atoms with van der Waals surface area (Å²) in [6, 6.07) is 0. The van der Waals surface area contributed by atoms with Crippen LogP contribution in [0.15, 0.2) is 6.17 Å². The molecule has 0 saturated carbocycles. The maximum atomic E-state index is 7.57. The lowest BCUT2D eigenvalue weighted by atomic mass is 10.5. The smallest absolute Gasteiger partial charge is 0.222 e. The van der Waals surface area contributed by atoms with Crippen LogP contribution in [0.5, 0.6) is 0 Å². The number of anilines is 1. The summed E-state index contributed by atoms with van der Waals surface area (Å²) in [6.45, 7) is 1.84. The van der Waals surface area contributed by atoms with Gasteiger partial charge in [-0.05, 0) is 6.92 Å². The van der Waals surface area contributed by atoms with Crippen LogP contribution in [0.3, 0.4) is 0 Å². The molecular formula is C7H9N5. The Morgan fingerprint density at radius 1 is 1.58 bits per heavy atom. The van der Waals surface area contributed by atoms with Gasteiger partial charge in [0.05, 0.1) is 7.54 Å². The van der Waals surface area contributed by atoms with Gasteiger partial charge in [0.2, 0.25) is 5.95 Å². The highest BCUT2D eigenvalue weighted by molar-refractivity contribution is 5.71. The third-order valence-electron chi connectivity index (χ3n) is 1.80. The van der Waals surface area contributed by atoms with Gasteiger partial charge < -0.3 is 10.3 Å². The molecule has 0 atom stereocenters. The second-order valence-corrected chi connectivity index (χ2v) is 2.58. The van der Waals surface area contributed by atoms with Gasteiger partial charge in [0.15, 0.2) is 5.65 Å². The van der Waals surface area contributed by atoms with Crippen LogP contribution in [-0.2, 0) is 7.05 Å². The normalized spacial score (nSPS) is 12.0. The molecule has 0 aliphatic heterocycles. The van der Waals surface area contributed by atoms with E-state index in [4.69, 9.17) is 7.10 Å². The lowest BCUT2D eigenvalue weighted by molar-refractivity contribution is 0.884. The maximum absolute atomic E-state index is 7.57. The van der Waals surface area contributed by atoms with Gasteiger partial charge in [0.25, 0.3) is 0 Å². The van der Waals surface area contributed by atoms with E-state index in [1.54, 1.807) is 4.57 Å². The van der Waals surface area contributed by atoms with E-state index in [0.29, 0.717) is 11.2 Å².